The molecule has 1 N–H and O–H groups in total. The van der Waals surface area contributed by atoms with E-state index in [9.17, 15) is 4.79 Å². The molecule has 140 valence electrons. The van der Waals surface area contributed by atoms with Crippen molar-refractivity contribution in [2.75, 3.05) is 7.05 Å². The lowest BCUT2D eigenvalue weighted by atomic mass is 10.1. The van der Waals surface area contributed by atoms with Gasteiger partial charge < -0.3 is 19.4 Å². The van der Waals surface area contributed by atoms with Crippen LogP contribution in [0.1, 0.15) is 30.0 Å². The van der Waals surface area contributed by atoms with Gasteiger partial charge >= 0.3 is 6.03 Å². The minimum absolute atomic E-state index is 0.157. The Morgan fingerprint density at radius 2 is 2.11 bits per heavy atom. The van der Waals surface area contributed by atoms with E-state index in [0.29, 0.717) is 13.2 Å². The van der Waals surface area contributed by atoms with Gasteiger partial charge in [-0.3, -0.25) is 4.98 Å². The van der Waals surface area contributed by atoms with E-state index >= 15 is 0 Å². The van der Waals surface area contributed by atoms with Gasteiger partial charge in [-0.15, -0.1) is 0 Å². The van der Waals surface area contributed by atoms with Gasteiger partial charge in [0.2, 0.25) is 0 Å². The summed E-state index contributed by atoms with van der Waals surface area (Å²) in [5.41, 5.74) is 1.83. The number of carbonyl (C=O) groups is 1. The Balaban J connectivity index is 1.56. The van der Waals surface area contributed by atoms with Gasteiger partial charge in [-0.05, 0) is 48.9 Å². The average Bonchev–Trinajstić information content (AvgIpc) is 3.20. The highest BCUT2D eigenvalue weighted by molar-refractivity contribution is 5.74. The smallest absolute Gasteiger partial charge is 0.318 e. The molecule has 2 heterocycles. The van der Waals surface area contributed by atoms with Gasteiger partial charge in [-0.1, -0.05) is 18.2 Å². The second-order valence-corrected chi connectivity index (χ2v) is 6.29. The van der Waals surface area contributed by atoms with Gasteiger partial charge in [-0.2, -0.15) is 0 Å². The molecule has 3 aromatic rings. The number of aromatic nitrogens is 1. The van der Waals surface area contributed by atoms with E-state index < -0.39 is 0 Å². The highest BCUT2D eigenvalue weighted by atomic mass is 16.5. The second-order valence-electron chi connectivity index (χ2n) is 6.29. The summed E-state index contributed by atoms with van der Waals surface area (Å²) in [6.45, 7) is 2.76. The number of amides is 2. The van der Waals surface area contributed by atoms with Crippen LogP contribution in [0.4, 0.5) is 4.79 Å². The fourth-order valence-electron chi connectivity index (χ4n) is 2.60. The molecular formula is C21H23N3O3. The first-order valence-electron chi connectivity index (χ1n) is 8.78. The third kappa shape index (κ3) is 5.34. The van der Waals surface area contributed by atoms with E-state index in [0.717, 1.165) is 22.8 Å². The summed E-state index contributed by atoms with van der Waals surface area (Å²) in [5, 5.41) is 2.99. The van der Waals surface area contributed by atoms with Crippen molar-refractivity contribution in [3.05, 3.63) is 84.1 Å². The minimum atomic E-state index is -0.168. The van der Waals surface area contributed by atoms with E-state index in [2.05, 4.69) is 10.3 Å². The van der Waals surface area contributed by atoms with Crippen LogP contribution in [0.15, 0.2) is 71.5 Å². The fourth-order valence-corrected chi connectivity index (χ4v) is 2.60. The molecule has 1 atom stereocenters. The van der Waals surface area contributed by atoms with Crippen molar-refractivity contribution in [3.8, 4) is 5.75 Å². The molecule has 0 aliphatic carbocycles. The van der Waals surface area contributed by atoms with Crippen LogP contribution in [0, 0.1) is 0 Å². The summed E-state index contributed by atoms with van der Waals surface area (Å²) >= 11 is 0. The first-order valence-corrected chi connectivity index (χ1v) is 8.78. The lowest BCUT2D eigenvalue weighted by molar-refractivity contribution is 0.199. The largest absolute Gasteiger partial charge is 0.487 e. The van der Waals surface area contributed by atoms with Crippen molar-refractivity contribution < 1.29 is 13.9 Å². The molecule has 0 fully saturated rings. The lowest BCUT2D eigenvalue weighted by Crippen LogP contribution is -2.38. The summed E-state index contributed by atoms with van der Waals surface area (Å²) in [6, 6.07) is 16.7. The molecule has 6 nitrogen and oxygen atoms in total. The first-order chi connectivity index (χ1) is 13.1. The average molecular weight is 365 g/mol. The Bertz CT molecular complexity index is 850. The van der Waals surface area contributed by atoms with Crippen molar-refractivity contribution in [3.63, 3.8) is 0 Å². The molecule has 0 bridgehead atoms. The Labute approximate surface area is 158 Å². The topological polar surface area (TPSA) is 67.6 Å². The highest BCUT2D eigenvalue weighted by Gasteiger charge is 2.15. The van der Waals surface area contributed by atoms with E-state index in [4.69, 9.17) is 9.15 Å². The third-order valence-corrected chi connectivity index (χ3v) is 4.13. The highest BCUT2D eigenvalue weighted by Crippen LogP contribution is 2.20. The maximum atomic E-state index is 12.4. The number of benzene rings is 1. The quantitative estimate of drug-likeness (QED) is 0.683. The van der Waals surface area contributed by atoms with Gasteiger partial charge in [0.15, 0.2) is 0 Å². The lowest BCUT2D eigenvalue weighted by Gasteiger charge is -2.21. The Morgan fingerprint density at radius 1 is 1.22 bits per heavy atom. The Hall–Kier alpha value is -3.28. The molecule has 2 aromatic heterocycles. The Kier molecular flexibility index (Phi) is 6.10. The molecule has 2 amide bonds. The fraction of sp³-hybridized carbons (Fsp3) is 0.238. The number of pyridine rings is 1. The summed E-state index contributed by atoms with van der Waals surface area (Å²) < 4.78 is 11.1. The number of furan rings is 1. The van der Waals surface area contributed by atoms with Crippen molar-refractivity contribution in [2.24, 2.45) is 0 Å². The van der Waals surface area contributed by atoms with Crippen LogP contribution in [0.5, 0.6) is 5.75 Å². The minimum Gasteiger partial charge on any atom is -0.487 e. The van der Waals surface area contributed by atoms with Crippen molar-refractivity contribution >= 4 is 6.03 Å². The SMILES string of the molecule is CC(NC(=O)N(C)Cc1ccco1)c1cccc(OCc2ccccn2)c1. The van der Waals surface area contributed by atoms with Gasteiger partial charge in [0.05, 0.1) is 24.5 Å². The molecule has 3 rings (SSSR count). The molecule has 1 unspecified atom stereocenters. The summed E-state index contributed by atoms with van der Waals surface area (Å²) in [5.74, 6) is 1.48. The van der Waals surface area contributed by atoms with Crippen molar-refractivity contribution in [1.82, 2.24) is 15.2 Å². The third-order valence-electron chi connectivity index (χ3n) is 4.13. The van der Waals surface area contributed by atoms with Gasteiger partial charge in [0.25, 0.3) is 0 Å². The molecule has 0 aliphatic heterocycles. The zero-order chi connectivity index (χ0) is 19.1. The van der Waals surface area contributed by atoms with Crippen LogP contribution >= 0.6 is 0 Å². The van der Waals surface area contributed by atoms with Gasteiger partial charge in [0, 0.05) is 13.2 Å². The van der Waals surface area contributed by atoms with E-state index in [1.807, 2.05) is 55.5 Å². The Morgan fingerprint density at radius 3 is 2.85 bits per heavy atom. The van der Waals surface area contributed by atoms with Crippen LogP contribution in [0.3, 0.4) is 0 Å². The summed E-state index contributed by atoms with van der Waals surface area (Å²) in [6.07, 6.45) is 3.34. The van der Waals surface area contributed by atoms with Crippen LogP contribution in [-0.2, 0) is 13.2 Å². The zero-order valence-electron chi connectivity index (χ0n) is 15.5. The number of urea groups is 1. The first kappa shape index (κ1) is 18.5. The van der Waals surface area contributed by atoms with Gasteiger partial charge in [0.1, 0.15) is 18.1 Å². The summed E-state index contributed by atoms with van der Waals surface area (Å²) in [7, 11) is 1.73. The molecule has 0 saturated heterocycles. The zero-order valence-corrected chi connectivity index (χ0v) is 15.5. The summed E-state index contributed by atoms with van der Waals surface area (Å²) in [4.78, 5) is 18.2. The molecule has 0 spiro atoms. The number of nitrogens with zero attached hydrogens (tertiary/aromatic N) is 2. The van der Waals surface area contributed by atoms with Crippen LogP contribution < -0.4 is 10.1 Å². The standard InChI is InChI=1S/C21H23N3O3/c1-16(23-21(25)24(2)14-20-10-6-12-26-20)17-7-5-9-19(13-17)27-15-18-8-3-4-11-22-18/h3-13,16H,14-15H2,1-2H3,(H,23,25). The predicted molar refractivity (Wildman–Crippen MR) is 102 cm³/mol. The van der Waals surface area contributed by atoms with Crippen molar-refractivity contribution in [2.45, 2.75) is 26.1 Å². The predicted octanol–water partition coefficient (Wildman–Crippen LogP) is 4.16. The van der Waals surface area contributed by atoms with E-state index in [-0.39, 0.29) is 12.1 Å². The number of ether oxygens (including phenoxy) is 1. The number of carbonyl (C=O) groups excluding carboxylic acids is 1. The molecule has 0 saturated carbocycles. The molecular weight excluding hydrogens is 342 g/mol. The van der Waals surface area contributed by atoms with E-state index in [1.54, 1.807) is 30.5 Å². The van der Waals surface area contributed by atoms with E-state index in [1.165, 1.54) is 0 Å². The number of nitrogens with one attached hydrogen (secondary N) is 1. The molecule has 0 radical (unpaired) electrons. The van der Waals surface area contributed by atoms with Crippen LogP contribution in [0.25, 0.3) is 0 Å². The van der Waals surface area contributed by atoms with Gasteiger partial charge in [-0.25, -0.2) is 4.79 Å². The van der Waals surface area contributed by atoms with Crippen molar-refractivity contribution in [1.29, 1.82) is 0 Å². The number of hydrogen-bond donors (Lipinski definition) is 1. The second kappa shape index (κ2) is 8.89. The molecule has 27 heavy (non-hydrogen) atoms. The molecule has 1 aromatic carbocycles. The maximum absolute atomic E-state index is 12.4. The number of rotatable bonds is 7. The number of hydrogen-bond acceptors (Lipinski definition) is 4. The van der Waals surface area contributed by atoms with Crippen LogP contribution in [-0.4, -0.2) is 23.0 Å². The molecule has 0 aliphatic rings. The molecule has 6 heteroatoms. The monoisotopic (exact) mass is 365 g/mol. The van der Waals surface area contributed by atoms with Crippen LogP contribution in [0.2, 0.25) is 0 Å². The maximum Gasteiger partial charge on any atom is 0.318 e. The normalized spacial score (nSPS) is 11.6.